The standard InChI is InChI=1S/C12H21N3/c1-4-7-12-14(8-5-2)10-13-11-15(12)9-6-3/h4-6,12-13H,1-3,7-11H2. The molecule has 84 valence electrons. The summed E-state index contributed by atoms with van der Waals surface area (Å²) in [5, 5.41) is 3.36. The summed E-state index contributed by atoms with van der Waals surface area (Å²) in [6.45, 7) is 15.0. The highest BCUT2D eigenvalue weighted by molar-refractivity contribution is 4.89. The summed E-state index contributed by atoms with van der Waals surface area (Å²) in [4.78, 5) is 4.70. The van der Waals surface area contributed by atoms with Crippen LogP contribution in [0.15, 0.2) is 38.0 Å². The van der Waals surface area contributed by atoms with Gasteiger partial charge in [-0.15, -0.1) is 19.7 Å². The van der Waals surface area contributed by atoms with Crippen molar-refractivity contribution in [1.82, 2.24) is 15.1 Å². The average Bonchev–Trinajstić information content (AvgIpc) is 2.23. The third-order valence-electron chi connectivity index (χ3n) is 2.58. The van der Waals surface area contributed by atoms with Crippen molar-refractivity contribution in [1.29, 1.82) is 0 Å². The molecule has 1 aliphatic heterocycles. The lowest BCUT2D eigenvalue weighted by Gasteiger charge is -2.43. The van der Waals surface area contributed by atoms with Gasteiger partial charge in [-0.3, -0.25) is 15.1 Å². The maximum Gasteiger partial charge on any atom is 0.0684 e. The normalized spacial score (nSPS) is 20.0. The third kappa shape index (κ3) is 3.30. The van der Waals surface area contributed by atoms with Crippen LogP contribution in [0.2, 0.25) is 0 Å². The molecule has 1 fully saturated rings. The predicted octanol–water partition coefficient (Wildman–Crippen LogP) is 1.38. The number of nitrogens with zero attached hydrogens (tertiary/aromatic N) is 2. The van der Waals surface area contributed by atoms with E-state index in [-0.39, 0.29) is 0 Å². The van der Waals surface area contributed by atoms with Crippen LogP contribution in [0.3, 0.4) is 0 Å². The minimum Gasteiger partial charge on any atom is -0.291 e. The summed E-state index contributed by atoms with van der Waals surface area (Å²) in [6, 6.07) is 0. The predicted molar refractivity (Wildman–Crippen MR) is 65.3 cm³/mol. The van der Waals surface area contributed by atoms with Gasteiger partial charge in [0.25, 0.3) is 0 Å². The zero-order chi connectivity index (χ0) is 11.1. The van der Waals surface area contributed by atoms with Gasteiger partial charge in [0, 0.05) is 13.1 Å². The number of hydrogen-bond acceptors (Lipinski definition) is 3. The quantitative estimate of drug-likeness (QED) is 0.664. The van der Waals surface area contributed by atoms with E-state index in [4.69, 9.17) is 0 Å². The maximum absolute atomic E-state index is 3.82. The highest BCUT2D eigenvalue weighted by atomic mass is 15.5. The van der Waals surface area contributed by atoms with Crippen molar-refractivity contribution in [2.75, 3.05) is 26.4 Å². The Morgan fingerprint density at radius 1 is 1.00 bits per heavy atom. The first kappa shape index (κ1) is 12.2. The number of nitrogens with one attached hydrogen (secondary N) is 1. The number of rotatable bonds is 6. The van der Waals surface area contributed by atoms with Crippen molar-refractivity contribution in [2.45, 2.75) is 12.6 Å². The molecule has 1 aliphatic rings. The van der Waals surface area contributed by atoms with Crippen molar-refractivity contribution in [3.05, 3.63) is 38.0 Å². The van der Waals surface area contributed by atoms with Crippen LogP contribution in [0.1, 0.15) is 6.42 Å². The van der Waals surface area contributed by atoms with E-state index in [9.17, 15) is 0 Å². The Labute approximate surface area is 92.7 Å². The van der Waals surface area contributed by atoms with Gasteiger partial charge >= 0.3 is 0 Å². The first-order chi connectivity index (χ1) is 7.33. The van der Waals surface area contributed by atoms with Crippen LogP contribution in [0, 0.1) is 0 Å². The molecular weight excluding hydrogens is 186 g/mol. The molecule has 0 unspecified atom stereocenters. The molecule has 0 aromatic heterocycles. The fraction of sp³-hybridized carbons (Fsp3) is 0.500. The molecule has 15 heavy (non-hydrogen) atoms. The van der Waals surface area contributed by atoms with Crippen LogP contribution in [0.5, 0.6) is 0 Å². The summed E-state index contributed by atoms with van der Waals surface area (Å²) in [5.41, 5.74) is 0. The first-order valence-electron chi connectivity index (χ1n) is 5.35. The lowest BCUT2D eigenvalue weighted by molar-refractivity contribution is 0.00521. The fourth-order valence-electron chi connectivity index (χ4n) is 1.93. The SMILES string of the molecule is C=CCC1N(CC=C)CNCN1CC=C. The zero-order valence-corrected chi connectivity index (χ0v) is 9.36. The molecule has 1 N–H and O–H groups in total. The molecule has 0 saturated carbocycles. The second kappa shape index (κ2) is 6.56. The Morgan fingerprint density at radius 2 is 1.53 bits per heavy atom. The van der Waals surface area contributed by atoms with Crippen molar-refractivity contribution < 1.29 is 0 Å². The molecule has 0 aromatic rings. The Morgan fingerprint density at radius 3 is 1.93 bits per heavy atom. The van der Waals surface area contributed by atoms with Crippen LogP contribution in [0.25, 0.3) is 0 Å². The first-order valence-corrected chi connectivity index (χ1v) is 5.35. The van der Waals surface area contributed by atoms with Crippen LogP contribution >= 0.6 is 0 Å². The van der Waals surface area contributed by atoms with Crippen molar-refractivity contribution >= 4 is 0 Å². The molecule has 0 amide bonds. The fourth-order valence-corrected chi connectivity index (χ4v) is 1.93. The van der Waals surface area contributed by atoms with Gasteiger partial charge in [0.05, 0.1) is 19.5 Å². The summed E-state index contributed by atoms with van der Waals surface area (Å²) in [5.74, 6) is 0. The van der Waals surface area contributed by atoms with E-state index in [1.807, 2.05) is 18.2 Å². The van der Waals surface area contributed by atoms with Crippen molar-refractivity contribution in [2.24, 2.45) is 0 Å². The molecule has 0 bridgehead atoms. The van der Waals surface area contributed by atoms with Crippen LogP contribution in [-0.4, -0.2) is 42.4 Å². The van der Waals surface area contributed by atoms with Gasteiger partial charge in [-0.25, -0.2) is 0 Å². The van der Waals surface area contributed by atoms with Crippen LogP contribution in [0.4, 0.5) is 0 Å². The van der Waals surface area contributed by atoms with E-state index in [0.29, 0.717) is 6.17 Å². The molecule has 0 radical (unpaired) electrons. The Bertz CT molecular complexity index is 207. The molecule has 0 aliphatic carbocycles. The second-order valence-corrected chi connectivity index (χ2v) is 3.69. The molecule has 1 rings (SSSR count). The van der Waals surface area contributed by atoms with Gasteiger partial charge in [-0.1, -0.05) is 18.2 Å². The largest absolute Gasteiger partial charge is 0.291 e. The highest BCUT2D eigenvalue weighted by Crippen LogP contribution is 2.13. The lowest BCUT2D eigenvalue weighted by Crippen LogP contribution is -2.59. The smallest absolute Gasteiger partial charge is 0.0684 e. The summed E-state index contributed by atoms with van der Waals surface area (Å²) in [6.07, 6.45) is 7.25. The Balaban J connectivity index is 2.64. The average molecular weight is 207 g/mol. The van der Waals surface area contributed by atoms with Crippen molar-refractivity contribution in [3.63, 3.8) is 0 Å². The highest BCUT2D eigenvalue weighted by Gasteiger charge is 2.25. The molecule has 1 saturated heterocycles. The topological polar surface area (TPSA) is 18.5 Å². The van der Waals surface area contributed by atoms with E-state index in [2.05, 4.69) is 34.9 Å². The van der Waals surface area contributed by atoms with Gasteiger partial charge in [0.15, 0.2) is 0 Å². The van der Waals surface area contributed by atoms with E-state index in [0.717, 1.165) is 32.8 Å². The van der Waals surface area contributed by atoms with Gasteiger partial charge in [0.2, 0.25) is 0 Å². The van der Waals surface area contributed by atoms with E-state index in [1.54, 1.807) is 0 Å². The van der Waals surface area contributed by atoms with Crippen LogP contribution in [-0.2, 0) is 0 Å². The van der Waals surface area contributed by atoms with Crippen LogP contribution < -0.4 is 5.32 Å². The van der Waals surface area contributed by atoms with Gasteiger partial charge in [-0.2, -0.15) is 0 Å². The van der Waals surface area contributed by atoms with E-state index in [1.165, 1.54) is 0 Å². The third-order valence-corrected chi connectivity index (χ3v) is 2.58. The monoisotopic (exact) mass is 207 g/mol. The van der Waals surface area contributed by atoms with Gasteiger partial charge < -0.3 is 0 Å². The Hall–Kier alpha value is -0.900. The second-order valence-electron chi connectivity index (χ2n) is 3.69. The molecule has 0 spiro atoms. The van der Waals surface area contributed by atoms with Gasteiger partial charge in [0.1, 0.15) is 0 Å². The van der Waals surface area contributed by atoms with Crippen molar-refractivity contribution in [3.8, 4) is 0 Å². The number of hydrogen-bond donors (Lipinski definition) is 1. The van der Waals surface area contributed by atoms with E-state index < -0.39 is 0 Å². The minimum atomic E-state index is 0.416. The molecule has 1 heterocycles. The van der Waals surface area contributed by atoms with Gasteiger partial charge in [-0.05, 0) is 6.42 Å². The summed E-state index contributed by atoms with van der Waals surface area (Å²) < 4.78 is 0. The minimum absolute atomic E-state index is 0.416. The summed E-state index contributed by atoms with van der Waals surface area (Å²) >= 11 is 0. The molecule has 3 heteroatoms. The molecular formula is C12H21N3. The molecule has 0 atom stereocenters. The lowest BCUT2D eigenvalue weighted by atomic mass is 10.2. The van der Waals surface area contributed by atoms with E-state index >= 15 is 0 Å². The molecule has 0 aromatic carbocycles. The zero-order valence-electron chi connectivity index (χ0n) is 9.36. The summed E-state index contributed by atoms with van der Waals surface area (Å²) in [7, 11) is 0. The maximum atomic E-state index is 3.82. The Kier molecular flexibility index (Phi) is 5.32. The molecule has 3 nitrogen and oxygen atoms in total.